The van der Waals surface area contributed by atoms with Crippen molar-refractivity contribution in [3.63, 3.8) is 0 Å². The molecule has 0 saturated carbocycles. The highest BCUT2D eigenvalue weighted by atomic mass is 16.1. The lowest BCUT2D eigenvalue weighted by molar-refractivity contribution is 0.0874. The minimum atomic E-state index is 0.167. The van der Waals surface area contributed by atoms with Crippen LogP contribution in [0.5, 0.6) is 0 Å². The van der Waals surface area contributed by atoms with Crippen molar-refractivity contribution in [3.05, 3.63) is 34.4 Å². The number of hydrogen-bond donors (Lipinski definition) is 1. The predicted octanol–water partition coefficient (Wildman–Crippen LogP) is 5.06. The number of nitrogens with one attached hydrogen (secondary N) is 1. The van der Waals surface area contributed by atoms with E-state index in [1.165, 1.54) is 42.4 Å². The van der Waals surface area contributed by atoms with Crippen molar-refractivity contribution < 1.29 is 4.79 Å². The van der Waals surface area contributed by atoms with E-state index >= 15 is 0 Å². The number of hydrogen-bond acceptors (Lipinski definition) is 2. The van der Waals surface area contributed by atoms with Crippen molar-refractivity contribution in [2.75, 3.05) is 0 Å². The summed E-state index contributed by atoms with van der Waals surface area (Å²) in [5.74, 6) is 0.619. The number of ketones is 1. The molecular formula is C23H33NO. The summed E-state index contributed by atoms with van der Waals surface area (Å²) in [6.45, 7) is 11.5. The van der Waals surface area contributed by atoms with Gasteiger partial charge in [-0.25, -0.2) is 0 Å². The van der Waals surface area contributed by atoms with Gasteiger partial charge in [0.1, 0.15) is 0 Å². The second-order valence-electron chi connectivity index (χ2n) is 10.2. The Morgan fingerprint density at radius 3 is 2.04 bits per heavy atom. The molecule has 2 fully saturated rings. The summed E-state index contributed by atoms with van der Waals surface area (Å²) in [6.07, 6.45) is 6.97. The fraction of sp³-hybridized carbons (Fsp3) is 0.696. The van der Waals surface area contributed by atoms with Crippen molar-refractivity contribution in [2.24, 2.45) is 5.92 Å². The largest absolute Gasteiger partial charge is 0.311 e. The van der Waals surface area contributed by atoms with Crippen LogP contribution in [0, 0.1) is 12.8 Å². The molecule has 1 aromatic rings. The zero-order chi connectivity index (χ0) is 18.0. The first kappa shape index (κ1) is 17.3. The van der Waals surface area contributed by atoms with E-state index in [-0.39, 0.29) is 16.7 Å². The van der Waals surface area contributed by atoms with Gasteiger partial charge in [-0.3, -0.25) is 4.79 Å². The first-order valence-electron chi connectivity index (χ1n) is 10.1. The van der Waals surface area contributed by atoms with Gasteiger partial charge >= 0.3 is 0 Å². The Morgan fingerprint density at radius 1 is 0.960 bits per heavy atom. The number of carbonyl (C=O) groups excluding carboxylic acids is 1. The quantitative estimate of drug-likeness (QED) is 0.763. The van der Waals surface area contributed by atoms with Gasteiger partial charge in [-0.1, -0.05) is 33.8 Å². The Balaban J connectivity index is 1.72. The summed E-state index contributed by atoms with van der Waals surface area (Å²) in [4.78, 5) is 13.4. The molecule has 0 aromatic heterocycles. The number of piperidine rings is 1. The smallest absolute Gasteiger partial charge is 0.166 e. The van der Waals surface area contributed by atoms with E-state index < -0.39 is 0 Å². The molecule has 2 saturated heterocycles. The van der Waals surface area contributed by atoms with Crippen LogP contribution < -0.4 is 5.32 Å². The molecule has 2 nitrogen and oxygen atoms in total. The second-order valence-corrected chi connectivity index (χ2v) is 10.2. The standard InChI is InChI=1S/C23H33NO/c1-14-10-19-20(23(4,5)9-8-22(19,2)3)13-18(14)21(25)15-11-16-6-7-17(12-15)24-16/h10,13,15-17,24H,6-9,11-12H2,1-5H3. The molecule has 3 aliphatic rings. The highest BCUT2D eigenvalue weighted by Gasteiger charge is 2.40. The van der Waals surface area contributed by atoms with Gasteiger partial charge in [-0.05, 0) is 79.0 Å². The van der Waals surface area contributed by atoms with Crippen molar-refractivity contribution in [1.29, 1.82) is 0 Å². The van der Waals surface area contributed by atoms with Crippen LogP contribution in [0.4, 0.5) is 0 Å². The van der Waals surface area contributed by atoms with Crippen molar-refractivity contribution >= 4 is 5.78 Å². The zero-order valence-electron chi connectivity index (χ0n) is 16.5. The molecule has 2 heteroatoms. The molecule has 0 spiro atoms. The fourth-order valence-electron chi connectivity index (χ4n) is 5.48. The Bertz CT molecular complexity index is 703. The maximum atomic E-state index is 13.4. The minimum absolute atomic E-state index is 0.167. The SMILES string of the molecule is Cc1cc2c(cc1C(=O)C1CC3CCC(C1)N3)C(C)(C)CCC2(C)C. The highest BCUT2D eigenvalue weighted by Crippen LogP contribution is 2.47. The molecule has 1 aliphatic carbocycles. The van der Waals surface area contributed by atoms with Crippen LogP contribution in [-0.2, 0) is 10.8 Å². The summed E-state index contributed by atoms with van der Waals surface area (Å²) in [5, 5.41) is 3.66. The van der Waals surface area contributed by atoms with Gasteiger partial charge in [-0.15, -0.1) is 0 Å². The van der Waals surface area contributed by atoms with E-state index in [0.29, 0.717) is 17.9 Å². The number of aryl methyl sites for hydroxylation is 1. The average Bonchev–Trinajstić information content (AvgIpc) is 2.89. The van der Waals surface area contributed by atoms with Crippen LogP contribution in [0.1, 0.15) is 93.3 Å². The number of carbonyl (C=O) groups is 1. The third-order valence-corrected chi connectivity index (χ3v) is 7.31. The molecule has 2 aliphatic heterocycles. The number of benzene rings is 1. The van der Waals surface area contributed by atoms with Gasteiger partial charge in [-0.2, -0.15) is 0 Å². The van der Waals surface area contributed by atoms with Crippen LogP contribution in [0.2, 0.25) is 0 Å². The molecule has 4 rings (SSSR count). The number of Topliss-reactive ketones (excluding diaryl/α,β-unsaturated/α-hetero) is 1. The van der Waals surface area contributed by atoms with Crippen LogP contribution in [-0.4, -0.2) is 17.9 Å². The van der Waals surface area contributed by atoms with Crippen LogP contribution in [0.15, 0.2) is 12.1 Å². The van der Waals surface area contributed by atoms with E-state index in [0.717, 1.165) is 18.4 Å². The Labute approximate surface area is 152 Å². The van der Waals surface area contributed by atoms with Crippen molar-refractivity contribution in [2.45, 2.75) is 96.1 Å². The van der Waals surface area contributed by atoms with Gasteiger partial charge in [0.15, 0.2) is 5.78 Å². The lowest BCUT2D eigenvalue weighted by Gasteiger charge is -2.42. The van der Waals surface area contributed by atoms with Gasteiger partial charge in [0.25, 0.3) is 0 Å². The van der Waals surface area contributed by atoms with Crippen LogP contribution in [0.3, 0.4) is 0 Å². The fourth-order valence-corrected chi connectivity index (χ4v) is 5.48. The topological polar surface area (TPSA) is 29.1 Å². The monoisotopic (exact) mass is 339 g/mol. The molecule has 1 aromatic carbocycles. The molecular weight excluding hydrogens is 306 g/mol. The molecule has 1 N–H and O–H groups in total. The molecule has 136 valence electrons. The minimum Gasteiger partial charge on any atom is -0.311 e. The summed E-state index contributed by atoms with van der Waals surface area (Å²) in [6, 6.07) is 5.75. The summed E-state index contributed by atoms with van der Waals surface area (Å²) in [7, 11) is 0. The molecule has 2 bridgehead atoms. The molecule has 0 radical (unpaired) electrons. The first-order valence-corrected chi connectivity index (χ1v) is 10.1. The van der Waals surface area contributed by atoms with Crippen LogP contribution >= 0.6 is 0 Å². The normalized spacial score (nSPS) is 32.3. The number of rotatable bonds is 2. The number of fused-ring (bicyclic) bond motifs is 3. The van der Waals surface area contributed by atoms with Crippen LogP contribution in [0.25, 0.3) is 0 Å². The van der Waals surface area contributed by atoms with Gasteiger partial charge in [0.2, 0.25) is 0 Å². The maximum absolute atomic E-state index is 13.4. The van der Waals surface area contributed by atoms with Gasteiger partial charge in [0.05, 0.1) is 0 Å². The predicted molar refractivity (Wildman–Crippen MR) is 103 cm³/mol. The van der Waals surface area contributed by atoms with Gasteiger partial charge < -0.3 is 5.32 Å². The van der Waals surface area contributed by atoms with E-state index in [2.05, 4.69) is 52.1 Å². The molecule has 0 amide bonds. The summed E-state index contributed by atoms with van der Waals surface area (Å²) >= 11 is 0. The van der Waals surface area contributed by atoms with Gasteiger partial charge in [0, 0.05) is 23.6 Å². The molecule has 2 atom stereocenters. The summed E-state index contributed by atoms with van der Waals surface area (Å²) < 4.78 is 0. The van der Waals surface area contributed by atoms with E-state index in [1.54, 1.807) is 0 Å². The lowest BCUT2D eigenvalue weighted by atomic mass is 9.62. The maximum Gasteiger partial charge on any atom is 0.166 e. The molecule has 2 heterocycles. The average molecular weight is 340 g/mol. The third-order valence-electron chi connectivity index (χ3n) is 7.31. The highest BCUT2D eigenvalue weighted by molar-refractivity contribution is 5.99. The van der Waals surface area contributed by atoms with E-state index in [1.807, 2.05) is 0 Å². The Morgan fingerprint density at radius 2 is 1.48 bits per heavy atom. The Hall–Kier alpha value is -1.15. The zero-order valence-corrected chi connectivity index (χ0v) is 16.5. The molecule has 25 heavy (non-hydrogen) atoms. The summed E-state index contributed by atoms with van der Waals surface area (Å²) in [5.41, 5.74) is 5.43. The van der Waals surface area contributed by atoms with Crippen molar-refractivity contribution in [3.8, 4) is 0 Å². The molecule has 2 unspecified atom stereocenters. The second kappa shape index (κ2) is 5.67. The third kappa shape index (κ3) is 2.87. The van der Waals surface area contributed by atoms with Crippen molar-refractivity contribution in [1.82, 2.24) is 5.32 Å². The lowest BCUT2D eigenvalue weighted by Crippen LogP contribution is -2.41. The Kier molecular flexibility index (Phi) is 3.92. The van der Waals surface area contributed by atoms with E-state index in [4.69, 9.17) is 0 Å². The first-order chi connectivity index (χ1) is 11.7. The van der Waals surface area contributed by atoms with E-state index in [9.17, 15) is 4.79 Å².